The number of para-hydroxylation sites is 1. The number of amides is 3. The van der Waals surface area contributed by atoms with E-state index in [0.717, 1.165) is 16.3 Å². The van der Waals surface area contributed by atoms with Crippen LogP contribution in [0.2, 0.25) is 0 Å². The van der Waals surface area contributed by atoms with Gasteiger partial charge in [0.05, 0.1) is 17.5 Å². The quantitative estimate of drug-likeness (QED) is 0.633. The smallest absolute Gasteiger partial charge is 0.250 e. The molecule has 1 spiro atoms. The maximum absolute atomic E-state index is 13.6. The summed E-state index contributed by atoms with van der Waals surface area (Å²) in [6.45, 7) is 0.290. The number of anilines is 2. The predicted octanol–water partition coefficient (Wildman–Crippen LogP) is 2.40. The van der Waals surface area contributed by atoms with Gasteiger partial charge >= 0.3 is 0 Å². The van der Waals surface area contributed by atoms with Crippen molar-refractivity contribution in [2.45, 2.75) is 5.54 Å². The maximum Gasteiger partial charge on any atom is 0.250 e. The van der Waals surface area contributed by atoms with E-state index in [2.05, 4.69) is 10.6 Å². The van der Waals surface area contributed by atoms with E-state index in [-0.39, 0.29) is 24.3 Å². The van der Waals surface area contributed by atoms with Crippen LogP contribution in [0, 0.1) is 11.8 Å². The molecule has 3 aromatic rings. The largest absolute Gasteiger partial charge is 0.324 e. The van der Waals surface area contributed by atoms with Crippen LogP contribution in [0.15, 0.2) is 66.7 Å². The van der Waals surface area contributed by atoms with E-state index in [1.54, 1.807) is 6.07 Å². The van der Waals surface area contributed by atoms with Crippen molar-refractivity contribution in [1.29, 1.82) is 0 Å². The number of nitrogens with zero attached hydrogens (tertiary/aromatic N) is 1. The van der Waals surface area contributed by atoms with Gasteiger partial charge < -0.3 is 5.32 Å². The molecule has 0 unspecified atom stereocenters. The Morgan fingerprint density at radius 1 is 0.862 bits per heavy atom. The zero-order valence-corrected chi connectivity index (χ0v) is 15.4. The van der Waals surface area contributed by atoms with Gasteiger partial charge in [-0.05, 0) is 17.5 Å². The fourth-order valence-electron chi connectivity index (χ4n) is 5.21. The fourth-order valence-corrected chi connectivity index (χ4v) is 5.21. The fraction of sp³-hybridized carbons (Fsp3) is 0.174. The minimum atomic E-state index is -1.20. The van der Waals surface area contributed by atoms with Crippen molar-refractivity contribution in [3.05, 3.63) is 72.3 Å². The maximum atomic E-state index is 13.6. The number of carbonyl (C=O) groups is 3. The molecule has 6 nitrogen and oxygen atoms in total. The molecule has 29 heavy (non-hydrogen) atoms. The molecule has 0 aliphatic carbocycles. The third-order valence-electron chi connectivity index (χ3n) is 6.46. The Balaban J connectivity index is 1.52. The number of nitrogens with one attached hydrogen (secondary N) is 2. The molecule has 142 valence electrons. The van der Waals surface area contributed by atoms with E-state index in [1.807, 2.05) is 60.7 Å². The van der Waals surface area contributed by atoms with Crippen LogP contribution in [-0.2, 0) is 19.9 Å². The first-order valence-corrected chi connectivity index (χ1v) is 9.64. The van der Waals surface area contributed by atoms with E-state index in [9.17, 15) is 14.4 Å². The summed E-state index contributed by atoms with van der Waals surface area (Å²) >= 11 is 0. The highest BCUT2D eigenvalue weighted by molar-refractivity contribution is 6.27. The lowest BCUT2D eigenvalue weighted by Crippen LogP contribution is -2.51. The summed E-state index contributed by atoms with van der Waals surface area (Å²) in [7, 11) is 0. The van der Waals surface area contributed by atoms with Crippen LogP contribution < -0.4 is 15.5 Å². The minimum Gasteiger partial charge on any atom is -0.324 e. The van der Waals surface area contributed by atoms with Crippen molar-refractivity contribution in [1.82, 2.24) is 5.32 Å². The molecule has 0 aromatic heterocycles. The minimum absolute atomic E-state index is 0.252. The Kier molecular flexibility index (Phi) is 3.13. The van der Waals surface area contributed by atoms with Gasteiger partial charge in [-0.25, -0.2) is 4.90 Å². The number of rotatable bonds is 1. The first-order chi connectivity index (χ1) is 14.1. The Morgan fingerprint density at radius 2 is 1.62 bits per heavy atom. The summed E-state index contributed by atoms with van der Waals surface area (Å²) < 4.78 is 0. The van der Waals surface area contributed by atoms with Crippen molar-refractivity contribution in [3.63, 3.8) is 0 Å². The molecule has 2 saturated heterocycles. The normalized spacial score (nSPS) is 27.6. The highest BCUT2D eigenvalue weighted by Crippen LogP contribution is 2.51. The molecular formula is C23H17N3O3. The molecule has 3 heterocycles. The van der Waals surface area contributed by atoms with E-state index < -0.39 is 17.4 Å². The third kappa shape index (κ3) is 1.91. The van der Waals surface area contributed by atoms with E-state index in [1.165, 1.54) is 4.90 Å². The Hall–Kier alpha value is -3.51. The lowest BCUT2D eigenvalue weighted by atomic mass is 9.77. The van der Waals surface area contributed by atoms with Gasteiger partial charge in [0, 0.05) is 23.2 Å². The standard InChI is InChI=1S/C23H17N3O3/c27-20-15-12-24-23(16-9-3-4-10-17(16)25-22(23)29)19(15)21(28)26(20)18-11-5-7-13-6-1-2-8-14(13)18/h1-11,15,19,24H,12H2,(H,25,29)/t15-,19+,23+/m0/s1. The summed E-state index contributed by atoms with van der Waals surface area (Å²) in [5.41, 5.74) is 0.801. The predicted molar refractivity (Wildman–Crippen MR) is 108 cm³/mol. The molecule has 6 rings (SSSR count). The molecule has 2 fully saturated rings. The molecule has 6 heteroatoms. The number of fused-ring (bicyclic) bond motifs is 5. The molecular weight excluding hydrogens is 366 g/mol. The number of imide groups is 1. The number of hydrogen-bond donors (Lipinski definition) is 2. The van der Waals surface area contributed by atoms with Gasteiger partial charge in [-0.2, -0.15) is 0 Å². The van der Waals surface area contributed by atoms with Crippen LogP contribution in [0.5, 0.6) is 0 Å². The van der Waals surface area contributed by atoms with Crippen LogP contribution in [0.3, 0.4) is 0 Å². The highest BCUT2D eigenvalue weighted by Gasteiger charge is 2.67. The zero-order chi connectivity index (χ0) is 19.8. The van der Waals surface area contributed by atoms with Crippen molar-refractivity contribution in [2.24, 2.45) is 11.8 Å². The Bertz CT molecular complexity index is 1230. The average Bonchev–Trinajstić information content (AvgIpc) is 3.35. The van der Waals surface area contributed by atoms with Crippen molar-refractivity contribution in [3.8, 4) is 0 Å². The van der Waals surface area contributed by atoms with Crippen molar-refractivity contribution >= 4 is 39.9 Å². The van der Waals surface area contributed by atoms with Gasteiger partial charge in [0.25, 0.3) is 0 Å². The number of carbonyl (C=O) groups excluding carboxylic acids is 3. The monoisotopic (exact) mass is 383 g/mol. The van der Waals surface area contributed by atoms with Gasteiger partial charge in [0.2, 0.25) is 17.7 Å². The average molecular weight is 383 g/mol. The lowest BCUT2D eigenvalue weighted by molar-refractivity contribution is -0.130. The number of benzene rings is 3. The summed E-state index contributed by atoms with van der Waals surface area (Å²) in [4.78, 5) is 41.3. The summed E-state index contributed by atoms with van der Waals surface area (Å²) in [6, 6.07) is 20.6. The second-order valence-corrected chi connectivity index (χ2v) is 7.78. The van der Waals surface area contributed by atoms with E-state index in [4.69, 9.17) is 0 Å². The van der Waals surface area contributed by atoms with E-state index in [0.29, 0.717) is 11.4 Å². The van der Waals surface area contributed by atoms with Gasteiger partial charge in [-0.1, -0.05) is 54.6 Å². The molecule has 3 aliphatic heterocycles. The topological polar surface area (TPSA) is 78.5 Å². The third-order valence-corrected chi connectivity index (χ3v) is 6.46. The molecule has 3 aromatic carbocycles. The Morgan fingerprint density at radius 3 is 2.52 bits per heavy atom. The van der Waals surface area contributed by atoms with Crippen LogP contribution >= 0.6 is 0 Å². The first-order valence-electron chi connectivity index (χ1n) is 9.64. The number of hydrogen-bond acceptors (Lipinski definition) is 4. The summed E-state index contributed by atoms with van der Waals surface area (Å²) in [5, 5.41) is 7.91. The SMILES string of the molecule is O=C1[C@H]2CN[C@@]3(C(=O)Nc4ccccc43)[C@H]2C(=O)N1c1cccc2ccccc12. The van der Waals surface area contributed by atoms with Crippen molar-refractivity contribution < 1.29 is 14.4 Å². The molecule has 2 N–H and O–H groups in total. The molecule has 3 aliphatic rings. The Labute approximate surface area is 166 Å². The second-order valence-electron chi connectivity index (χ2n) is 7.78. The molecule has 3 amide bonds. The molecule has 0 radical (unpaired) electrons. The second kappa shape index (κ2) is 5.52. The van der Waals surface area contributed by atoms with Crippen LogP contribution in [0.4, 0.5) is 11.4 Å². The highest BCUT2D eigenvalue weighted by atomic mass is 16.2. The van der Waals surface area contributed by atoms with Crippen LogP contribution in [0.1, 0.15) is 5.56 Å². The molecule has 3 atom stereocenters. The van der Waals surface area contributed by atoms with Crippen LogP contribution in [0.25, 0.3) is 10.8 Å². The molecule has 0 saturated carbocycles. The van der Waals surface area contributed by atoms with Gasteiger partial charge in [-0.3, -0.25) is 19.7 Å². The molecule has 0 bridgehead atoms. The summed E-state index contributed by atoms with van der Waals surface area (Å²) in [5.74, 6) is -2.19. The lowest BCUT2D eigenvalue weighted by Gasteiger charge is -2.28. The summed E-state index contributed by atoms with van der Waals surface area (Å²) in [6.07, 6.45) is 0. The van der Waals surface area contributed by atoms with Gasteiger partial charge in [0.1, 0.15) is 5.54 Å². The zero-order valence-electron chi connectivity index (χ0n) is 15.4. The first kappa shape index (κ1) is 16.4. The van der Waals surface area contributed by atoms with E-state index >= 15 is 0 Å². The van der Waals surface area contributed by atoms with Gasteiger partial charge in [-0.15, -0.1) is 0 Å². The van der Waals surface area contributed by atoms with Crippen molar-refractivity contribution in [2.75, 3.05) is 16.8 Å². The van der Waals surface area contributed by atoms with Crippen LogP contribution in [-0.4, -0.2) is 24.3 Å². The van der Waals surface area contributed by atoms with Gasteiger partial charge in [0.15, 0.2) is 0 Å².